The fraction of sp³-hybridized carbons (Fsp3) is 0.400. The highest BCUT2D eigenvalue weighted by molar-refractivity contribution is 6.08. The Bertz CT molecular complexity index is 1050. The second-order valence-corrected chi connectivity index (χ2v) is 8.07. The molecule has 0 saturated heterocycles. The molecular weight excluding hydrogens is 408 g/mol. The predicted molar refractivity (Wildman–Crippen MR) is 121 cm³/mol. The first-order valence-electron chi connectivity index (χ1n) is 10.9. The largest absolute Gasteiger partial charge is 0.496 e. The Kier molecular flexibility index (Phi) is 6.44. The number of benzene rings is 2. The van der Waals surface area contributed by atoms with Crippen molar-refractivity contribution in [3.63, 3.8) is 0 Å². The molecule has 1 heterocycles. The van der Waals surface area contributed by atoms with Crippen LogP contribution in [0.2, 0.25) is 0 Å². The maximum absolute atomic E-state index is 13.3. The van der Waals surface area contributed by atoms with Crippen LogP contribution in [0.1, 0.15) is 41.6 Å². The topological polar surface area (TPSA) is 77.4 Å². The molecule has 2 aromatic carbocycles. The summed E-state index contributed by atoms with van der Waals surface area (Å²) in [4.78, 5) is 26.3. The summed E-state index contributed by atoms with van der Waals surface area (Å²) in [6.07, 6.45) is 3.76. The van der Waals surface area contributed by atoms with E-state index in [4.69, 9.17) is 19.3 Å². The lowest BCUT2D eigenvalue weighted by molar-refractivity contribution is -0.138. The van der Waals surface area contributed by atoms with Crippen LogP contribution in [-0.2, 0) is 4.79 Å². The Labute approximate surface area is 188 Å². The van der Waals surface area contributed by atoms with Crippen LogP contribution in [0.5, 0.6) is 17.2 Å². The quantitative estimate of drug-likeness (QED) is 0.614. The lowest BCUT2D eigenvalue weighted by Crippen LogP contribution is -2.47. The number of para-hydroxylation sites is 1. The third-order valence-electron chi connectivity index (χ3n) is 6.30. The fourth-order valence-corrected chi connectivity index (χ4v) is 4.68. The van der Waals surface area contributed by atoms with Gasteiger partial charge >= 0.3 is 0 Å². The molecule has 7 nitrogen and oxygen atoms in total. The average Bonchev–Trinajstić information content (AvgIpc) is 2.85. The maximum Gasteiger partial charge on any atom is 0.246 e. The zero-order valence-electron chi connectivity index (χ0n) is 18.7. The van der Waals surface area contributed by atoms with Crippen LogP contribution in [0, 0.1) is 11.8 Å². The number of ketones is 1. The van der Waals surface area contributed by atoms with Gasteiger partial charge in [0.2, 0.25) is 5.91 Å². The van der Waals surface area contributed by atoms with Gasteiger partial charge in [0.05, 0.1) is 32.6 Å². The van der Waals surface area contributed by atoms with Crippen molar-refractivity contribution in [2.75, 3.05) is 27.9 Å². The van der Waals surface area contributed by atoms with Crippen LogP contribution < -0.4 is 14.2 Å². The van der Waals surface area contributed by atoms with E-state index in [2.05, 4.69) is 0 Å². The lowest BCUT2D eigenvalue weighted by atomic mass is 9.73. The highest BCUT2D eigenvalue weighted by atomic mass is 16.5. The molecule has 2 aromatic rings. The summed E-state index contributed by atoms with van der Waals surface area (Å²) in [5.41, 5.74) is 2.14. The molecule has 2 aliphatic rings. The van der Waals surface area contributed by atoms with E-state index in [0.29, 0.717) is 22.8 Å². The molecule has 0 aromatic heterocycles. The van der Waals surface area contributed by atoms with Gasteiger partial charge in [0.25, 0.3) is 0 Å². The number of hydrogen-bond donors (Lipinski definition) is 0. The number of carbonyl (C=O) groups excluding carboxylic acids is 2. The van der Waals surface area contributed by atoms with Crippen LogP contribution in [0.15, 0.2) is 47.6 Å². The number of hydrogen-bond acceptors (Lipinski definition) is 6. The first-order chi connectivity index (χ1) is 15.6. The number of nitrogens with zero attached hydrogens (tertiary/aromatic N) is 2. The van der Waals surface area contributed by atoms with Crippen molar-refractivity contribution in [1.29, 1.82) is 0 Å². The van der Waals surface area contributed by atoms with Gasteiger partial charge in [0.1, 0.15) is 12.3 Å². The van der Waals surface area contributed by atoms with E-state index in [0.717, 1.165) is 37.0 Å². The van der Waals surface area contributed by atoms with E-state index in [-0.39, 0.29) is 30.1 Å². The highest BCUT2D eigenvalue weighted by Crippen LogP contribution is 2.39. The molecule has 0 N–H and O–H groups in total. The molecule has 1 fully saturated rings. The van der Waals surface area contributed by atoms with Crippen LogP contribution in [-0.4, -0.2) is 50.3 Å². The van der Waals surface area contributed by atoms with Gasteiger partial charge in [-0.25, -0.2) is 5.01 Å². The summed E-state index contributed by atoms with van der Waals surface area (Å²) >= 11 is 0. The zero-order valence-corrected chi connectivity index (χ0v) is 18.7. The molecule has 1 amide bonds. The number of ether oxygens (including phenoxy) is 3. The average molecular weight is 437 g/mol. The van der Waals surface area contributed by atoms with E-state index in [9.17, 15) is 9.59 Å². The van der Waals surface area contributed by atoms with Gasteiger partial charge in [-0.05, 0) is 43.2 Å². The third kappa shape index (κ3) is 4.07. The SMILES string of the molecule is COc1ccc(C2=NN(CC(=O)c3ccccc3OC)C(=O)[C@@H]3CCCC[C@H]23)cc1OC. The van der Waals surface area contributed by atoms with Crippen molar-refractivity contribution < 1.29 is 23.8 Å². The fourth-order valence-electron chi connectivity index (χ4n) is 4.68. The van der Waals surface area contributed by atoms with Gasteiger partial charge in [-0.2, -0.15) is 5.10 Å². The second-order valence-electron chi connectivity index (χ2n) is 8.07. The summed E-state index contributed by atoms with van der Waals surface area (Å²) in [6, 6.07) is 12.7. The Balaban J connectivity index is 1.71. The lowest BCUT2D eigenvalue weighted by Gasteiger charge is -2.38. The van der Waals surface area contributed by atoms with E-state index in [1.165, 1.54) is 12.1 Å². The van der Waals surface area contributed by atoms with E-state index >= 15 is 0 Å². The number of methoxy groups -OCH3 is 3. The number of carbonyl (C=O) groups is 2. The minimum Gasteiger partial charge on any atom is -0.496 e. The van der Waals surface area contributed by atoms with Gasteiger partial charge in [-0.3, -0.25) is 9.59 Å². The summed E-state index contributed by atoms with van der Waals surface area (Å²) in [7, 11) is 4.71. The standard InChI is InChI=1S/C25H28N2O5/c1-30-21-11-7-6-10-19(21)20(28)15-27-25(29)18-9-5-4-8-17(18)24(26-27)16-12-13-22(31-2)23(14-16)32-3/h6-7,10-14,17-18H,4-5,8-9,15H2,1-3H3/t17-,18+/m0/s1. The Morgan fingerprint density at radius 1 is 0.938 bits per heavy atom. The Morgan fingerprint density at radius 2 is 1.62 bits per heavy atom. The molecule has 0 unspecified atom stereocenters. The highest BCUT2D eigenvalue weighted by Gasteiger charge is 2.42. The molecule has 2 atom stereocenters. The molecule has 0 spiro atoms. The zero-order chi connectivity index (χ0) is 22.7. The molecular formula is C25H28N2O5. The molecule has 4 rings (SSSR count). The first-order valence-corrected chi connectivity index (χ1v) is 10.9. The monoisotopic (exact) mass is 436 g/mol. The van der Waals surface area contributed by atoms with Crippen molar-refractivity contribution in [2.24, 2.45) is 16.9 Å². The predicted octanol–water partition coefficient (Wildman–Crippen LogP) is 3.95. The molecule has 32 heavy (non-hydrogen) atoms. The maximum atomic E-state index is 13.3. The van der Waals surface area contributed by atoms with E-state index in [1.807, 2.05) is 24.3 Å². The summed E-state index contributed by atoms with van der Waals surface area (Å²) < 4.78 is 16.2. The summed E-state index contributed by atoms with van der Waals surface area (Å²) in [5.74, 6) is 1.30. The van der Waals surface area contributed by atoms with Crippen molar-refractivity contribution >= 4 is 17.4 Å². The number of amides is 1. The normalized spacial score (nSPS) is 20.3. The van der Waals surface area contributed by atoms with Crippen molar-refractivity contribution in [3.8, 4) is 17.2 Å². The van der Waals surface area contributed by atoms with Crippen LogP contribution in [0.25, 0.3) is 0 Å². The molecule has 1 aliphatic heterocycles. The summed E-state index contributed by atoms with van der Waals surface area (Å²) in [5, 5.41) is 6.05. The van der Waals surface area contributed by atoms with Gasteiger partial charge in [-0.15, -0.1) is 0 Å². The van der Waals surface area contributed by atoms with Crippen LogP contribution in [0.4, 0.5) is 0 Å². The van der Waals surface area contributed by atoms with E-state index < -0.39 is 0 Å². The van der Waals surface area contributed by atoms with Gasteiger partial charge in [0, 0.05) is 17.4 Å². The molecule has 1 aliphatic carbocycles. The third-order valence-corrected chi connectivity index (χ3v) is 6.30. The second kappa shape index (κ2) is 9.42. The molecule has 7 heteroatoms. The number of hydrazone groups is 1. The summed E-state index contributed by atoms with van der Waals surface area (Å²) in [6.45, 7) is -0.126. The number of rotatable bonds is 7. The first kappa shape index (κ1) is 21.9. The minimum atomic E-state index is -0.208. The van der Waals surface area contributed by atoms with Crippen molar-refractivity contribution in [3.05, 3.63) is 53.6 Å². The smallest absolute Gasteiger partial charge is 0.246 e. The van der Waals surface area contributed by atoms with Crippen molar-refractivity contribution in [2.45, 2.75) is 25.7 Å². The minimum absolute atomic E-state index is 0.0342. The Hall–Kier alpha value is -3.35. The van der Waals surface area contributed by atoms with Crippen LogP contribution in [0.3, 0.4) is 0 Å². The van der Waals surface area contributed by atoms with Gasteiger partial charge < -0.3 is 14.2 Å². The Morgan fingerprint density at radius 3 is 2.34 bits per heavy atom. The van der Waals surface area contributed by atoms with Gasteiger partial charge in [0.15, 0.2) is 17.3 Å². The van der Waals surface area contributed by atoms with E-state index in [1.54, 1.807) is 32.4 Å². The number of fused-ring (bicyclic) bond motifs is 1. The van der Waals surface area contributed by atoms with Crippen LogP contribution >= 0.6 is 0 Å². The molecule has 1 saturated carbocycles. The number of Topliss-reactive ketones (excluding diaryl/α,β-unsaturated/α-hetero) is 1. The molecule has 0 radical (unpaired) electrons. The van der Waals surface area contributed by atoms with Crippen molar-refractivity contribution in [1.82, 2.24) is 5.01 Å². The molecule has 0 bridgehead atoms. The molecule has 168 valence electrons. The van der Waals surface area contributed by atoms with Gasteiger partial charge in [-0.1, -0.05) is 25.0 Å².